The smallest absolute Gasteiger partial charge is 0.189 e. The molecule has 0 atom stereocenters. The molecule has 0 amide bonds. The average Bonchev–Trinajstić information content (AvgIpc) is 2.45. The van der Waals surface area contributed by atoms with Crippen LogP contribution in [0.2, 0.25) is 0 Å². The molecule has 0 aromatic carbocycles. The van der Waals surface area contributed by atoms with Crippen molar-refractivity contribution in [2.24, 2.45) is 16.3 Å². The summed E-state index contributed by atoms with van der Waals surface area (Å²) in [6, 6.07) is 3.73. The number of ether oxygens (including phenoxy) is 1. The van der Waals surface area contributed by atoms with E-state index in [1.54, 1.807) is 6.20 Å². The molecule has 0 bridgehead atoms. The number of rotatable bonds is 4. The molecule has 1 aliphatic carbocycles. The lowest BCUT2D eigenvalue weighted by molar-refractivity contribution is -0.00574. The first-order valence-corrected chi connectivity index (χ1v) is 7.05. The van der Waals surface area contributed by atoms with Gasteiger partial charge in [0.2, 0.25) is 0 Å². The summed E-state index contributed by atoms with van der Waals surface area (Å²) in [6.07, 6.45) is 6.48. The van der Waals surface area contributed by atoms with Crippen molar-refractivity contribution in [3.8, 4) is 0 Å². The van der Waals surface area contributed by atoms with E-state index in [0.29, 0.717) is 23.8 Å². The first kappa shape index (κ1) is 14.8. The normalized spacial score (nSPS) is 20.0. The zero-order valence-electron chi connectivity index (χ0n) is 12.2. The van der Waals surface area contributed by atoms with E-state index in [9.17, 15) is 0 Å². The van der Waals surface area contributed by atoms with Gasteiger partial charge in [0.1, 0.15) is 5.69 Å². The van der Waals surface area contributed by atoms with Gasteiger partial charge in [0.05, 0.1) is 12.7 Å². The maximum absolute atomic E-state index is 8.77. The second-order valence-corrected chi connectivity index (χ2v) is 6.17. The highest BCUT2D eigenvalue weighted by Gasteiger charge is 2.27. The summed E-state index contributed by atoms with van der Waals surface area (Å²) < 4.78 is 5.97. The van der Waals surface area contributed by atoms with E-state index in [0.717, 1.165) is 18.4 Å². The van der Waals surface area contributed by atoms with E-state index in [1.165, 1.54) is 12.8 Å². The first-order valence-electron chi connectivity index (χ1n) is 7.05. The van der Waals surface area contributed by atoms with Crippen LogP contribution in [-0.4, -0.2) is 22.1 Å². The molecule has 0 saturated heterocycles. The summed E-state index contributed by atoms with van der Waals surface area (Å²) in [4.78, 5) is 4.14. The van der Waals surface area contributed by atoms with Crippen LogP contribution in [-0.2, 0) is 11.3 Å². The molecule has 0 unspecified atom stereocenters. The SMILES string of the molecule is CC1(C)CCC(OCc2cccnc2/C(N)=N/O)CC1. The van der Waals surface area contributed by atoms with Gasteiger partial charge in [-0.2, -0.15) is 0 Å². The third-order valence-corrected chi connectivity index (χ3v) is 4.00. The van der Waals surface area contributed by atoms with Crippen molar-refractivity contribution >= 4 is 5.84 Å². The Morgan fingerprint density at radius 2 is 2.20 bits per heavy atom. The lowest BCUT2D eigenvalue weighted by atomic mass is 9.76. The van der Waals surface area contributed by atoms with Crippen LogP contribution in [0.25, 0.3) is 0 Å². The van der Waals surface area contributed by atoms with Gasteiger partial charge in [-0.3, -0.25) is 4.98 Å². The number of aromatic nitrogens is 1. The van der Waals surface area contributed by atoms with Gasteiger partial charge in [-0.1, -0.05) is 25.1 Å². The van der Waals surface area contributed by atoms with Crippen LogP contribution in [0.15, 0.2) is 23.5 Å². The van der Waals surface area contributed by atoms with Gasteiger partial charge in [-0.05, 0) is 37.2 Å². The van der Waals surface area contributed by atoms with Crippen molar-refractivity contribution in [1.82, 2.24) is 4.98 Å². The summed E-state index contributed by atoms with van der Waals surface area (Å²) in [6.45, 7) is 5.06. The Morgan fingerprint density at radius 1 is 1.50 bits per heavy atom. The average molecular weight is 277 g/mol. The van der Waals surface area contributed by atoms with Crippen LogP contribution in [0, 0.1) is 5.41 Å². The van der Waals surface area contributed by atoms with Crippen molar-refractivity contribution < 1.29 is 9.94 Å². The van der Waals surface area contributed by atoms with Crippen molar-refractivity contribution in [2.45, 2.75) is 52.2 Å². The Kier molecular flexibility index (Phi) is 4.60. The molecule has 2 rings (SSSR count). The summed E-state index contributed by atoms with van der Waals surface area (Å²) in [5, 5.41) is 11.8. The van der Waals surface area contributed by atoms with E-state index in [1.807, 2.05) is 12.1 Å². The predicted molar refractivity (Wildman–Crippen MR) is 77.6 cm³/mol. The molecule has 1 fully saturated rings. The predicted octanol–water partition coefficient (Wildman–Crippen LogP) is 2.66. The first-order chi connectivity index (χ1) is 9.52. The van der Waals surface area contributed by atoms with Crippen molar-refractivity contribution in [2.75, 3.05) is 0 Å². The molecule has 20 heavy (non-hydrogen) atoms. The van der Waals surface area contributed by atoms with Gasteiger partial charge < -0.3 is 15.7 Å². The van der Waals surface area contributed by atoms with E-state index < -0.39 is 0 Å². The van der Waals surface area contributed by atoms with E-state index in [4.69, 9.17) is 15.7 Å². The van der Waals surface area contributed by atoms with Gasteiger partial charge in [0.15, 0.2) is 5.84 Å². The van der Waals surface area contributed by atoms with E-state index >= 15 is 0 Å². The minimum atomic E-state index is 0.0222. The van der Waals surface area contributed by atoms with Crippen LogP contribution in [0.1, 0.15) is 50.8 Å². The van der Waals surface area contributed by atoms with Gasteiger partial charge in [-0.25, -0.2) is 0 Å². The molecule has 5 nitrogen and oxygen atoms in total. The second kappa shape index (κ2) is 6.22. The molecule has 0 aliphatic heterocycles. The van der Waals surface area contributed by atoms with Crippen molar-refractivity contribution in [3.05, 3.63) is 29.6 Å². The van der Waals surface area contributed by atoms with Crippen molar-refractivity contribution in [3.63, 3.8) is 0 Å². The highest BCUT2D eigenvalue weighted by Crippen LogP contribution is 2.36. The maximum atomic E-state index is 8.77. The molecule has 0 spiro atoms. The number of hydrogen-bond acceptors (Lipinski definition) is 4. The summed E-state index contributed by atoms with van der Waals surface area (Å²) in [5.41, 5.74) is 7.41. The number of oxime groups is 1. The van der Waals surface area contributed by atoms with Gasteiger partial charge in [0.25, 0.3) is 0 Å². The maximum Gasteiger partial charge on any atom is 0.189 e. The standard InChI is InChI=1S/C15H23N3O2/c1-15(2)7-5-12(6-8-15)20-10-11-4-3-9-17-13(11)14(16)18-19/h3-4,9,12,19H,5-8,10H2,1-2H3,(H2,16,18). The van der Waals surface area contributed by atoms with Crippen LogP contribution in [0.5, 0.6) is 0 Å². The Hall–Kier alpha value is -1.62. The molecule has 0 radical (unpaired) electrons. The zero-order chi connectivity index (χ0) is 14.6. The van der Waals surface area contributed by atoms with Gasteiger partial charge >= 0.3 is 0 Å². The fraction of sp³-hybridized carbons (Fsp3) is 0.600. The van der Waals surface area contributed by atoms with Crippen molar-refractivity contribution in [1.29, 1.82) is 0 Å². The number of nitrogens with two attached hydrogens (primary N) is 1. The zero-order valence-corrected chi connectivity index (χ0v) is 12.2. The summed E-state index contributed by atoms with van der Waals surface area (Å²) >= 11 is 0. The molecular weight excluding hydrogens is 254 g/mol. The quantitative estimate of drug-likeness (QED) is 0.384. The molecule has 3 N–H and O–H groups in total. The molecule has 1 aromatic heterocycles. The minimum Gasteiger partial charge on any atom is -0.409 e. The van der Waals surface area contributed by atoms with Crippen LogP contribution in [0.4, 0.5) is 0 Å². The number of pyridine rings is 1. The highest BCUT2D eigenvalue weighted by molar-refractivity contribution is 5.96. The molecule has 1 aliphatic rings. The number of nitrogens with zero attached hydrogens (tertiary/aromatic N) is 2. The summed E-state index contributed by atoms with van der Waals surface area (Å²) in [5.74, 6) is 0.0222. The minimum absolute atomic E-state index is 0.0222. The van der Waals surface area contributed by atoms with Crippen LogP contribution in [0.3, 0.4) is 0 Å². The Bertz CT molecular complexity index is 476. The monoisotopic (exact) mass is 277 g/mol. The largest absolute Gasteiger partial charge is 0.409 e. The topological polar surface area (TPSA) is 80.7 Å². The van der Waals surface area contributed by atoms with Gasteiger partial charge in [-0.15, -0.1) is 0 Å². The summed E-state index contributed by atoms with van der Waals surface area (Å²) in [7, 11) is 0. The molecule has 1 aromatic rings. The number of hydrogen-bond donors (Lipinski definition) is 2. The molecule has 1 heterocycles. The van der Waals surface area contributed by atoms with Crippen LogP contribution < -0.4 is 5.73 Å². The third kappa shape index (κ3) is 3.70. The Balaban J connectivity index is 1.95. The molecular formula is C15H23N3O2. The van der Waals surface area contributed by atoms with E-state index in [2.05, 4.69) is 24.0 Å². The molecule has 5 heteroatoms. The Morgan fingerprint density at radius 3 is 2.85 bits per heavy atom. The Labute approximate surface area is 119 Å². The van der Waals surface area contributed by atoms with Crippen LogP contribution >= 0.6 is 0 Å². The van der Waals surface area contributed by atoms with E-state index in [-0.39, 0.29) is 5.84 Å². The highest BCUT2D eigenvalue weighted by atomic mass is 16.5. The third-order valence-electron chi connectivity index (χ3n) is 4.00. The number of amidine groups is 1. The second-order valence-electron chi connectivity index (χ2n) is 6.17. The lowest BCUT2D eigenvalue weighted by Crippen LogP contribution is -2.27. The fourth-order valence-electron chi connectivity index (χ4n) is 2.58. The fourth-order valence-corrected chi connectivity index (χ4v) is 2.58. The molecule has 1 saturated carbocycles. The van der Waals surface area contributed by atoms with Gasteiger partial charge in [0, 0.05) is 11.8 Å². The lowest BCUT2D eigenvalue weighted by Gasteiger charge is -2.34. The molecule has 110 valence electrons.